The molecule has 30 heavy (non-hydrogen) atoms. The number of fused-ring (bicyclic) bond motifs is 1. The summed E-state index contributed by atoms with van der Waals surface area (Å²) in [5, 5.41) is 0.255. The molecule has 0 radical (unpaired) electrons. The zero-order valence-corrected chi connectivity index (χ0v) is 16.3. The maximum absolute atomic E-state index is 14.3. The summed E-state index contributed by atoms with van der Waals surface area (Å²) in [5.74, 6) is -1.70. The van der Waals surface area contributed by atoms with E-state index in [1.165, 1.54) is 61.5 Å². The number of halogens is 3. The van der Waals surface area contributed by atoms with Gasteiger partial charge in [0.05, 0.1) is 21.5 Å². The highest BCUT2D eigenvalue weighted by Gasteiger charge is 2.20. The van der Waals surface area contributed by atoms with Gasteiger partial charge in [-0.25, -0.2) is 13.6 Å². The molecule has 0 aliphatic rings. The van der Waals surface area contributed by atoms with Crippen molar-refractivity contribution in [3.63, 3.8) is 0 Å². The normalized spacial score (nSPS) is 10.9. The number of carbonyl (C=O) groups excluding carboxylic acids is 1. The summed E-state index contributed by atoms with van der Waals surface area (Å²) >= 11 is 6.11. The number of ether oxygens (including phenoxy) is 1. The Bertz CT molecular complexity index is 1340. The molecule has 0 saturated heterocycles. The molecule has 1 heterocycles. The molecule has 0 N–H and O–H groups in total. The molecule has 0 unspecified atom stereocenters. The number of hydrogen-bond donors (Lipinski definition) is 0. The highest BCUT2D eigenvalue weighted by atomic mass is 35.5. The predicted octanol–water partition coefficient (Wildman–Crippen LogP) is 5.92. The van der Waals surface area contributed by atoms with Gasteiger partial charge in [-0.2, -0.15) is 0 Å². The Morgan fingerprint density at radius 3 is 2.50 bits per heavy atom. The zero-order chi connectivity index (χ0) is 21.4. The fraction of sp³-hybridized carbons (Fsp3) is 0.0435. The highest BCUT2D eigenvalue weighted by molar-refractivity contribution is 6.33. The molecule has 0 fully saturated rings. The second-order valence-corrected chi connectivity index (χ2v) is 6.92. The van der Waals surface area contributed by atoms with Crippen molar-refractivity contribution in [3.8, 4) is 16.9 Å². The van der Waals surface area contributed by atoms with Crippen LogP contribution in [0, 0.1) is 18.6 Å². The molecule has 4 rings (SSSR count). The maximum atomic E-state index is 14.3. The van der Waals surface area contributed by atoms with E-state index in [2.05, 4.69) is 0 Å². The number of carbonyl (C=O) groups is 1. The molecule has 0 spiro atoms. The average molecular weight is 427 g/mol. The van der Waals surface area contributed by atoms with Gasteiger partial charge in [0, 0.05) is 11.6 Å². The van der Waals surface area contributed by atoms with Gasteiger partial charge in [0.2, 0.25) is 5.43 Å². The first kappa shape index (κ1) is 19.8. The minimum absolute atomic E-state index is 0.0232. The molecule has 4 aromatic rings. The van der Waals surface area contributed by atoms with Gasteiger partial charge in [-0.1, -0.05) is 23.7 Å². The van der Waals surface area contributed by atoms with E-state index in [-0.39, 0.29) is 44.2 Å². The summed E-state index contributed by atoms with van der Waals surface area (Å²) in [6.07, 6.45) is 0. The lowest BCUT2D eigenvalue weighted by molar-refractivity contribution is 0.0734. The van der Waals surface area contributed by atoms with Crippen molar-refractivity contribution in [2.45, 2.75) is 6.92 Å². The van der Waals surface area contributed by atoms with E-state index < -0.39 is 23.0 Å². The quantitative estimate of drug-likeness (QED) is 0.301. The first-order valence-electron chi connectivity index (χ1n) is 8.85. The standard InChI is InChI=1S/C23H13ClF2O4/c1-12-20(21-17(24)6-3-7-18(21)26)22(27)16-9-8-15(11-19(16)29-12)30-23(28)13-4-2-5-14(25)10-13/h2-11H,1H3. The molecule has 0 saturated carbocycles. The molecular formula is C23H13ClF2O4. The van der Waals surface area contributed by atoms with Crippen molar-refractivity contribution in [2.24, 2.45) is 0 Å². The molecule has 4 nitrogen and oxygen atoms in total. The Labute approximate surface area is 174 Å². The van der Waals surface area contributed by atoms with Crippen molar-refractivity contribution in [3.05, 3.63) is 98.9 Å². The lowest BCUT2D eigenvalue weighted by Gasteiger charge is -2.10. The third-order valence-corrected chi connectivity index (χ3v) is 4.84. The zero-order valence-electron chi connectivity index (χ0n) is 15.5. The van der Waals surface area contributed by atoms with Crippen molar-refractivity contribution >= 4 is 28.5 Å². The van der Waals surface area contributed by atoms with Crippen LogP contribution in [-0.2, 0) is 0 Å². The molecule has 3 aromatic carbocycles. The van der Waals surface area contributed by atoms with Crippen LogP contribution < -0.4 is 10.2 Å². The fourth-order valence-corrected chi connectivity index (χ4v) is 3.41. The monoisotopic (exact) mass is 426 g/mol. The van der Waals surface area contributed by atoms with Crippen LogP contribution in [-0.4, -0.2) is 5.97 Å². The SMILES string of the molecule is Cc1oc2cc(OC(=O)c3cccc(F)c3)ccc2c(=O)c1-c1c(F)cccc1Cl. The van der Waals surface area contributed by atoms with E-state index in [1.807, 2.05) is 0 Å². The van der Waals surface area contributed by atoms with E-state index >= 15 is 0 Å². The summed E-state index contributed by atoms with van der Waals surface area (Å²) in [6.45, 7) is 1.52. The van der Waals surface area contributed by atoms with Gasteiger partial charge in [-0.05, 0) is 49.4 Å². The van der Waals surface area contributed by atoms with Gasteiger partial charge < -0.3 is 9.15 Å². The Morgan fingerprint density at radius 2 is 1.77 bits per heavy atom. The van der Waals surface area contributed by atoms with Crippen LogP contribution in [0.3, 0.4) is 0 Å². The Balaban J connectivity index is 1.77. The first-order chi connectivity index (χ1) is 14.3. The van der Waals surface area contributed by atoms with Crippen LogP contribution in [0.2, 0.25) is 5.02 Å². The number of aryl methyl sites for hydroxylation is 1. The number of esters is 1. The first-order valence-corrected chi connectivity index (χ1v) is 9.22. The third-order valence-electron chi connectivity index (χ3n) is 4.52. The van der Waals surface area contributed by atoms with Gasteiger partial charge in [-0.3, -0.25) is 4.79 Å². The molecule has 0 bridgehead atoms. The third kappa shape index (κ3) is 3.57. The Morgan fingerprint density at radius 1 is 1.00 bits per heavy atom. The smallest absolute Gasteiger partial charge is 0.343 e. The van der Waals surface area contributed by atoms with Crippen LogP contribution in [0.4, 0.5) is 8.78 Å². The number of benzene rings is 3. The largest absolute Gasteiger partial charge is 0.460 e. The van der Waals surface area contributed by atoms with E-state index in [1.54, 1.807) is 0 Å². The minimum Gasteiger partial charge on any atom is -0.460 e. The van der Waals surface area contributed by atoms with Crippen LogP contribution >= 0.6 is 11.6 Å². The molecule has 0 aliphatic heterocycles. The van der Waals surface area contributed by atoms with Crippen molar-refractivity contribution in [1.29, 1.82) is 0 Å². The molecule has 0 atom stereocenters. The fourth-order valence-electron chi connectivity index (χ4n) is 3.16. The van der Waals surface area contributed by atoms with Crippen LogP contribution in [0.5, 0.6) is 5.75 Å². The van der Waals surface area contributed by atoms with Crippen molar-refractivity contribution < 1.29 is 22.7 Å². The van der Waals surface area contributed by atoms with Gasteiger partial charge >= 0.3 is 5.97 Å². The molecule has 7 heteroatoms. The second-order valence-electron chi connectivity index (χ2n) is 6.52. The summed E-state index contributed by atoms with van der Waals surface area (Å²) in [6, 6.07) is 13.4. The van der Waals surface area contributed by atoms with Crippen molar-refractivity contribution in [2.75, 3.05) is 0 Å². The molecule has 1 aromatic heterocycles. The molecule has 0 amide bonds. The average Bonchev–Trinajstić information content (AvgIpc) is 2.70. The predicted molar refractivity (Wildman–Crippen MR) is 109 cm³/mol. The summed E-state index contributed by atoms with van der Waals surface area (Å²) in [5.41, 5.74) is -0.289. The highest BCUT2D eigenvalue weighted by Crippen LogP contribution is 2.33. The van der Waals surface area contributed by atoms with Crippen molar-refractivity contribution in [1.82, 2.24) is 0 Å². The van der Waals surface area contributed by atoms with E-state index in [9.17, 15) is 18.4 Å². The molecule has 150 valence electrons. The van der Waals surface area contributed by atoms with Gasteiger partial charge in [-0.15, -0.1) is 0 Å². The Kier molecular flexibility index (Phi) is 5.10. The van der Waals surface area contributed by atoms with Gasteiger partial charge in [0.25, 0.3) is 0 Å². The molecular weight excluding hydrogens is 414 g/mol. The lowest BCUT2D eigenvalue weighted by atomic mass is 10.0. The van der Waals surface area contributed by atoms with Gasteiger partial charge in [0.1, 0.15) is 28.7 Å². The maximum Gasteiger partial charge on any atom is 0.343 e. The number of hydrogen-bond acceptors (Lipinski definition) is 4. The second kappa shape index (κ2) is 7.72. The summed E-state index contributed by atoms with van der Waals surface area (Å²) < 4.78 is 38.6. The van der Waals surface area contributed by atoms with E-state index in [4.69, 9.17) is 20.8 Å². The van der Waals surface area contributed by atoms with E-state index in [0.717, 1.165) is 6.07 Å². The topological polar surface area (TPSA) is 56.5 Å². The van der Waals surface area contributed by atoms with Crippen LogP contribution in [0.1, 0.15) is 16.1 Å². The Hall–Kier alpha value is -3.51. The van der Waals surface area contributed by atoms with Gasteiger partial charge in [0.15, 0.2) is 0 Å². The van der Waals surface area contributed by atoms with Crippen LogP contribution in [0.15, 0.2) is 69.9 Å². The summed E-state index contributed by atoms with van der Waals surface area (Å²) in [4.78, 5) is 25.2. The van der Waals surface area contributed by atoms with Crippen LogP contribution in [0.25, 0.3) is 22.1 Å². The molecule has 0 aliphatic carbocycles. The minimum atomic E-state index is -0.761. The lowest BCUT2D eigenvalue weighted by Crippen LogP contribution is -2.11. The summed E-state index contributed by atoms with van der Waals surface area (Å²) in [7, 11) is 0. The number of rotatable bonds is 3. The van der Waals surface area contributed by atoms with E-state index in [0.29, 0.717) is 0 Å².